The van der Waals surface area contributed by atoms with E-state index in [1.165, 1.54) is 26.4 Å². The van der Waals surface area contributed by atoms with Gasteiger partial charge >= 0.3 is 0 Å². The Kier molecular flexibility index (Phi) is 5.30. The van der Waals surface area contributed by atoms with Crippen LogP contribution in [0.15, 0.2) is 30.3 Å². The number of nitro groups is 1. The van der Waals surface area contributed by atoms with E-state index in [0.29, 0.717) is 30.5 Å². The number of benzene rings is 2. The van der Waals surface area contributed by atoms with Crippen LogP contribution in [0.3, 0.4) is 0 Å². The fourth-order valence-corrected chi connectivity index (χ4v) is 2.66. The van der Waals surface area contributed by atoms with Crippen LogP contribution >= 0.6 is 0 Å². The lowest BCUT2D eigenvalue weighted by atomic mass is 10.1. The molecule has 1 aliphatic heterocycles. The van der Waals surface area contributed by atoms with Gasteiger partial charge in [-0.05, 0) is 17.7 Å². The molecule has 0 saturated heterocycles. The normalized spacial score (nSPS) is 12.2. The van der Waals surface area contributed by atoms with Gasteiger partial charge in [-0.25, -0.2) is 0 Å². The fraction of sp³-hybridized carbons (Fsp3) is 0.278. The number of nitrogens with one attached hydrogen (secondary N) is 1. The highest BCUT2D eigenvalue weighted by atomic mass is 16.6. The smallest absolute Gasteiger partial charge is 0.286 e. The van der Waals surface area contributed by atoms with Crippen molar-refractivity contribution in [1.82, 2.24) is 5.32 Å². The van der Waals surface area contributed by atoms with Gasteiger partial charge in [0.1, 0.15) is 30.3 Å². The largest absolute Gasteiger partial charge is 0.497 e. The molecule has 27 heavy (non-hydrogen) atoms. The maximum absolute atomic E-state index is 12.6. The SMILES string of the molecule is COc1cc(CNC(=O)c2cc3c(cc2[N+](=O)[O-])OCCO3)cc(OC)c1. The number of methoxy groups -OCH3 is 2. The van der Waals surface area contributed by atoms with Gasteiger partial charge in [0.05, 0.1) is 25.2 Å². The summed E-state index contributed by atoms with van der Waals surface area (Å²) in [6, 6.07) is 7.71. The van der Waals surface area contributed by atoms with Crippen LogP contribution in [0.5, 0.6) is 23.0 Å². The Balaban J connectivity index is 1.83. The quantitative estimate of drug-likeness (QED) is 0.610. The highest BCUT2D eigenvalue weighted by Crippen LogP contribution is 2.36. The van der Waals surface area contributed by atoms with Crippen LogP contribution in [0.1, 0.15) is 15.9 Å². The van der Waals surface area contributed by atoms with Crippen LogP contribution in [0.4, 0.5) is 5.69 Å². The number of rotatable bonds is 6. The van der Waals surface area contributed by atoms with Crippen molar-refractivity contribution in [2.24, 2.45) is 0 Å². The predicted octanol–water partition coefficient (Wildman–Crippen LogP) is 2.31. The van der Waals surface area contributed by atoms with Crippen LogP contribution in [-0.4, -0.2) is 38.3 Å². The third-order valence-corrected chi connectivity index (χ3v) is 3.97. The second-order valence-electron chi connectivity index (χ2n) is 5.67. The van der Waals surface area contributed by atoms with Crippen LogP contribution in [-0.2, 0) is 6.54 Å². The minimum absolute atomic E-state index is 0.0980. The number of nitrogens with zero attached hydrogens (tertiary/aromatic N) is 1. The maximum atomic E-state index is 12.6. The van der Waals surface area contributed by atoms with Gasteiger partial charge in [0.2, 0.25) is 0 Å². The number of hydrogen-bond acceptors (Lipinski definition) is 7. The lowest BCUT2D eigenvalue weighted by Crippen LogP contribution is -2.24. The summed E-state index contributed by atoms with van der Waals surface area (Å²) in [5, 5.41) is 14.0. The van der Waals surface area contributed by atoms with Gasteiger partial charge in [0, 0.05) is 18.7 Å². The van der Waals surface area contributed by atoms with E-state index >= 15 is 0 Å². The molecular formula is C18H18N2O7. The molecule has 0 bridgehead atoms. The van der Waals surface area contributed by atoms with E-state index < -0.39 is 10.8 Å². The molecule has 1 aliphatic rings. The molecule has 3 rings (SSSR count). The van der Waals surface area contributed by atoms with E-state index in [9.17, 15) is 14.9 Å². The first-order valence-electron chi connectivity index (χ1n) is 8.10. The number of amides is 1. The van der Waals surface area contributed by atoms with Crippen molar-refractivity contribution >= 4 is 11.6 Å². The number of nitro benzene ring substituents is 1. The van der Waals surface area contributed by atoms with Crippen LogP contribution in [0.2, 0.25) is 0 Å². The van der Waals surface area contributed by atoms with E-state index in [2.05, 4.69) is 5.32 Å². The number of fused-ring (bicyclic) bond motifs is 1. The van der Waals surface area contributed by atoms with E-state index in [0.717, 1.165) is 5.56 Å². The van der Waals surface area contributed by atoms with Gasteiger partial charge in [0.25, 0.3) is 11.6 Å². The van der Waals surface area contributed by atoms with Gasteiger partial charge in [0.15, 0.2) is 11.5 Å². The lowest BCUT2D eigenvalue weighted by molar-refractivity contribution is -0.385. The lowest BCUT2D eigenvalue weighted by Gasteiger charge is -2.19. The molecule has 0 spiro atoms. The second kappa shape index (κ2) is 7.81. The summed E-state index contributed by atoms with van der Waals surface area (Å²) in [6.07, 6.45) is 0. The molecule has 0 fully saturated rings. The van der Waals surface area contributed by atoms with Gasteiger partial charge < -0.3 is 24.3 Å². The highest BCUT2D eigenvalue weighted by Gasteiger charge is 2.26. The van der Waals surface area contributed by atoms with Gasteiger partial charge in [-0.15, -0.1) is 0 Å². The summed E-state index contributed by atoms with van der Waals surface area (Å²) in [4.78, 5) is 23.3. The molecule has 1 heterocycles. The molecule has 0 aromatic heterocycles. The minimum atomic E-state index is -0.623. The first-order valence-corrected chi connectivity index (χ1v) is 8.10. The Hall–Kier alpha value is -3.49. The molecule has 9 nitrogen and oxygen atoms in total. The first kappa shape index (κ1) is 18.3. The van der Waals surface area contributed by atoms with Crippen LogP contribution < -0.4 is 24.3 Å². The molecular weight excluding hydrogens is 356 g/mol. The van der Waals surface area contributed by atoms with Crippen molar-refractivity contribution in [1.29, 1.82) is 0 Å². The molecule has 0 unspecified atom stereocenters. The molecule has 0 radical (unpaired) electrons. The topological polar surface area (TPSA) is 109 Å². The molecule has 1 amide bonds. The van der Waals surface area contributed by atoms with Crippen molar-refractivity contribution in [3.63, 3.8) is 0 Å². The summed E-state index contributed by atoms with van der Waals surface area (Å²) in [6.45, 7) is 0.751. The Morgan fingerprint density at radius 2 is 1.67 bits per heavy atom. The summed E-state index contributed by atoms with van der Waals surface area (Å²) in [5.74, 6) is 1.11. The van der Waals surface area contributed by atoms with Crippen LogP contribution in [0, 0.1) is 10.1 Å². The van der Waals surface area contributed by atoms with Crippen molar-refractivity contribution in [3.8, 4) is 23.0 Å². The molecule has 1 N–H and O–H groups in total. The highest BCUT2D eigenvalue weighted by molar-refractivity contribution is 5.99. The Morgan fingerprint density at radius 1 is 1.07 bits per heavy atom. The Bertz CT molecular complexity index is 860. The van der Waals surface area contributed by atoms with Gasteiger partial charge in [-0.1, -0.05) is 0 Å². The Labute approximate surface area is 154 Å². The van der Waals surface area contributed by atoms with Crippen molar-refractivity contribution in [2.45, 2.75) is 6.54 Å². The summed E-state index contributed by atoms with van der Waals surface area (Å²) < 4.78 is 21.1. The maximum Gasteiger partial charge on any atom is 0.286 e. The zero-order chi connectivity index (χ0) is 19.4. The molecule has 2 aromatic rings. The zero-order valence-corrected chi connectivity index (χ0v) is 14.8. The molecule has 9 heteroatoms. The third-order valence-electron chi connectivity index (χ3n) is 3.97. The zero-order valence-electron chi connectivity index (χ0n) is 14.8. The number of hydrogen-bond donors (Lipinski definition) is 1. The van der Waals surface area contributed by atoms with Crippen molar-refractivity contribution in [2.75, 3.05) is 27.4 Å². The Morgan fingerprint density at radius 3 is 2.22 bits per heavy atom. The molecule has 0 atom stereocenters. The molecule has 2 aromatic carbocycles. The summed E-state index contributed by atoms with van der Waals surface area (Å²) >= 11 is 0. The third kappa shape index (κ3) is 4.02. The van der Waals surface area contributed by atoms with E-state index in [4.69, 9.17) is 18.9 Å². The standard InChI is InChI=1S/C18H18N2O7/c1-24-12-5-11(6-13(7-12)25-2)10-19-18(21)14-8-16-17(27-4-3-26-16)9-15(14)20(22)23/h5-9H,3-4,10H2,1-2H3,(H,19,21). The van der Waals surface area contributed by atoms with Gasteiger partial charge in [-0.3, -0.25) is 14.9 Å². The number of carbonyl (C=O) groups is 1. The van der Waals surface area contributed by atoms with Gasteiger partial charge in [-0.2, -0.15) is 0 Å². The fourth-order valence-electron chi connectivity index (χ4n) is 2.66. The van der Waals surface area contributed by atoms with E-state index in [1.54, 1.807) is 18.2 Å². The van der Waals surface area contributed by atoms with E-state index in [1.807, 2.05) is 0 Å². The summed E-state index contributed by atoms with van der Waals surface area (Å²) in [5.41, 5.74) is 0.277. The predicted molar refractivity (Wildman–Crippen MR) is 94.8 cm³/mol. The summed E-state index contributed by atoms with van der Waals surface area (Å²) in [7, 11) is 3.05. The number of ether oxygens (including phenoxy) is 4. The molecule has 142 valence electrons. The molecule has 0 saturated carbocycles. The monoisotopic (exact) mass is 374 g/mol. The molecule has 0 aliphatic carbocycles. The van der Waals surface area contributed by atoms with Crippen molar-refractivity contribution in [3.05, 3.63) is 51.6 Å². The minimum Gasteiger partial charge on any atom is -0.497 e. The van der Waals surface area contributed by atoms with Crippen LogP contribution in [0.25, 0.3) is 0 Å². The number of carbonyl (C=O) groups excluding carboxylic acids is 1. The second-order valence-corrected chi connectivity index (χ2v) is 5.67. The van der Waals surface area contributed by atoms with Crippen molar-refractivity contribution < 1.29 is 28.7 Å². The first-order chi connectivity index (χ1) is 13.0. The van der Waals surface area contributed by atoms with E-state index in [-0.39, 0.29) is 23.5 Å². The average Bonchev–Trinajstić information content (AvgIpc) is 2.70. The average molecular weight is 374 g/mol.